The number of hydrogen-bond acceptors (Lipinski definition) is 5. The van der Waals surface area contributed by atoms with Crippen molar-refractivity contribution in [3.05, 3.63) is 30.0 Å². The van der Waals surface area contributed by atoms with Gasteiger partial charge in [0.15, 0.2) is 5.75 Å². The average Bonchev–Trinajstić information content (AvgIpc) is 2.39. The molecule has 0 aliphatic heterocycles. The summed E-state index contributed by atoms with van der Waals surface area (Å²) in [5.41, 5.74) is 0.811. The Morgan fingerprint density at radius 2 is 1.94 bits per heavy atom. The van der Waals surface area contributed by atoms with Crippen molar-refractivity contribution in [2.75, 3.05) is 13.2 Å². The van der Waals surface area contributed by atoms with E-state index in [1.807, 2.05) is 31.2 Å². The Morgan fingerprint density at radius 1 is 1.17 bits per heavy atom. The first-order chi connectivity index (χ1) is 8.77. The van der Waals surface area contributed by atoms with Gasteiger partial charge in [0.05, 0.1) is 18.7 Å². The van der Waals surface area contributed by atoms with E-state index in [4.69, 9.17) is 9.47 Å². The second-order valence-electron chi connectivity index (χ2n) is 3.55. The van der Waals surface area contributed by atoms with Gasteiger partial charge in [-0.25, -0.2) is 4.79 Å². The van der Waals surface area contributed by atoms with Gasteiger partial charge < -0.3 is 9.47 Å². The third kappa shape index (κ3) is 2.25. The van der Waals surface area contributed by atoms with Crippen molar-refractivity contribution < 1.29 is 14.3 Å². The summed E-state index contributed by atoms with van der Waals surface area (Å²) in [6.07, 6.45) is 0. The molecule has 0 fully saturated rings. The maximum Gasteiger partial charge on any atom is 0.362 e. The van der Waals surface area contributed by atoms with Crippen molar-refractivity contribution in [1.29, 1.82) is 0 Å². The second kappa shape index (κ2) is 5.44. The molecule has 0 radical (unpaired) electrons. The first kappa shape index (κ1) is 12.3. The third-order valence-corrected chi connectivity index (χ3v) is 2.38. The van der Waals surface area contributed by atoms with E-state index in [0.29, 0.717) is 24.5 Å². The number of ether oxygens (including phenoxy) is 2. The fraction of sp³-hybridized carbons (Fsp3) is 0.308. The molecule has 1 aromatic heterocycles. The van der Waals surface area contributed by atoms with Crippen LogP contribution in [0.3, 0.4) is 0 Å². The lowest BCUT2D eigenvalue weighted by Crippen LogP contribution is -2.11. The fourth-order valence-electron chi connectivity index (χ4n) is 1.65. The van der Waals surface area contributed by atoms with Crippen LogP contribution in [0.25, 0.3) is 10.9 Å². The molecular formula is C13H14N2O3. The molecular weight excluding hydrogens is 232 g/mol. The molecule has 2 aromatic rings. The minimum absolute atomic E-state index is 0.123. The second-order valence-corrected chi connectivity index (χ2v) is 3.55. The highest BCUT2D eigenvalue weighted by molar-refractivity contribution is 5.97. The Labute approximate surface area is 105 Å². The van der Waals surface area contributed by atoms with E-state index in [2.05, 4.69) is 10.2 Å². The van der Waals surface area contributed by atoms with Crippen molar-refractivity contribution in [2.24, 2.45) is 0 Å². The maximum absolute atomic E-state index is 11.8. The van der Waals surface area contributed by atoms with Crippen LogP contribution in [0.1, 0.15) is 24.3 Å². The van der Waals surface area contributed by atoms with E-state index in [-0.39, 0.29) is 5.69 Å². The van der Waals surface area contributed by atoms with Crippen LogP contribution in [0.2, 0.25) is 0 Å². The van der Waals surface area contributed by atoms with Gasteiger partial charge in [0.1, 0.15) is 0 Å². The van der Waals surface area contributed by atoms with Gasteiger partial charge in [0.2, 0.25) is 5.69 Å². The van der Waals surface area contributed by atoms with Crippen molar-refractivity contribution in [2.45, 2.75) is 13.8 Å². The minimum Gasteiger partial charge on any atom is -0.491 e. The smallest absolute Gasteiger partial charge is 0.362 e. The molecule has 5 nitrogen and oxygen atoms in total. The molecule has 1 heterocycles. The van der Waals surface area contributed by atoms with Gasteiger partial charge in [-0.15, -0.1) is 10.2 Å². The average molecular weight is 246 g/mol. The highest BCUT2D eigenvalue weighted by Crippen LogP contribution is 2.27. The quantitative estimate of drug-likeness (QED) is 0.774. The van der Waals surface area contributed by atoms with Gasteiger partial charge in [-0.1, -0.05) is 12.1 Å². The van der Waals surface area contributed by atoms with Crippen LogP contribution >= 0.6 is 0 Å². The molecule has 0 saturated heterocycles. The minimum atomic E-state index is -0.515. The molecule has 0 saturated carbocycles. The Morgan fingerprint density at radius 3 is 2.67 bits per heavy atom. The predicted octanol–water partition coefficient (Wildman–Crippen LogP) is 2.21. The molecule has 0 bridgehead atoms. The zero-order valence-electron chi connectivity index (χ0n) is 10.3. The molecule has 0 N–H and O–H groups in total. The number of nitrogens with zero attached hydrogens (tertiary/aromatic N) is 2. The topological polar surface area (TPSA) is 61.3 Å². The Kier molecular flexibility index (Phi) is 3.72. The molecule has 0 spiro atoms. The van der Waals surface area contributed by atoms with Crippen LogP contribution in [0.5, 0.6) is 5.75 Å². The zero-order valence-corrected chi connectivity index (χ0v) is 10.3. The number of fused-ring (bicyclic) bond motifs is 1. The number of aromatic nitrogens is 2. The SMILES string of the molecule is CCOC(=O)c1nnc2ccccc2c1OCC. The predicted molar refractivity (Wildman–Crippen MR) is 66.7 cm³/mol. The van der Waals surface area contributed by atoms with Crippen LogP contribution in [-0.4, -0.2) is 29.4 Å². The van der Waals surface area contributed by atoms with Crippen LogP contribution in [-0.2, 0) is 4.74 Å². The summed E-state index contributed by atoms with van der Waals surface area (Å²) in [5, 5.41) is 8.65. The summed E-state index contributed by atoms with van der Waals surface area (Å²) in [4.78, 5) is 11.8. The summed E-state index contributed by atoms with van der Waals surface area (Å²) in [6.45, 7) is 4.33. The van der Waals surface area contributed by atoms with Crippen LogP contribution in [0, 0.1) is 0 Å². The molecule has 0 aliphatic carbocycles. The number of carbonyl (C=O) groups is 1. The van der Waals surface area contributed by atoms with E-state index < -0.39 is 5.97 Å². The van der Waals surface area contributed by atoms with Gasteiger partial charge in [-0.2, -0.15) is 0 Å². The van der Waals surface area contributed by atoms with E-state index in [9.17, 15) is 4.79 Å². The molecule has 94 valence electrons. The molecule has 2 rings (SSSR count). The lowest BCUT2D eigenvalue weighted by Gasteiger charge is -2.10. The van der Waals surface area contributed by atoms with Gasteiger partial charge in [0.25, 0.3) is 0 Å². The van der Waals surface area contributed by atoms with E-state index >= 15 is 0 Å². The molecule has 0 unspecified atom stereocenters. The first-order valence-electron chi connectivity index (χ1n) is 5.83. The lowest BCUT2D eigenvalue weighted by molar-refractivity contribution is 0.0513. The number of benzene rings is 1. The summed E-state index contributed by atoms with van der Waals surface area (Å²) < 4.78 is 10.5. The first-order valence-corrected chi connectivity index (χ1v) is 5.83. The number of esters is 1. The normalized spacial score (nSPS) is 10.3. The molecule has 1 aromatic carbocycles. The Bertz CT molecular complexity index is 569. The highest BCUT2D eigenvalue weighted by atomic mass is 16.5. The van der Waals surface area contributed by atoms with Crippen LogP contribution < -0.4 is 4.74 Å². The number of rotatable bonds is 4. The van der Waals surface area contributed by atoms with Crippen molar-refractivity contribution in [3.63, 3.8) is 0 Å². The van der Waals surface area contributed by atoms with Crippen molar-refractivity contribution in [3.8, 4) is 5.75 Å². The maximum atomic E-state index is 11.8. The van der Waals surface area contributed by atoms with Gasteiger partial charge in [0, 0.05) is 5.39 Å². The van der Waals surface area contributed by atoms with E-state index in [0.717, 1.165) is 5.39 Å². The molecule has 0 aliphatic rings. The van der Waals surface area contributed by atoms with Gasteiger partial charge in [-0.05, 0) is 26.0 Å². The molecule has 5 heteroatoms. The summed E-state index contributed by atoms with van der Waals surface area (Å²) in [5.74, 6) is -0.0826. The summed E-state index contributed by atoms with van der Waals surface area (Å²) in [6, 6.07) is 7.38. The van der Waals surface area contributed by atoms with E-state index in [1.165, 1.54) is 0 Å². The van der Waals surface area contributed by atoms with Crippen molar-refractivity contribution in [1.82, 2.24) is 10.2 Å². The van der Waals surface area contributed by atoms with Crippen LogP contribution in [0.4, 0.5) is 0 Å². The lowest BCUT2D eigenvalue weighted by atomic mass is 10.2. The highest BCUT2D eigenvalue weighted by Gasteiger charge is 2.19. The molecule has 18 heavy (non-hydrogen) atoms. The largest absolute Gasteiger partial charge is 0.491 e. The number of carbonyl (C=O) groups excluding carboxylic acids is 1. The standard InChI is InChI=1S/C13H14N2O3/c1-3-17-12-9-7-5-6-8-10(9)14-15-11(12)13(16)18-4-2/h5-8H,3-4H2,1-2H3. The number of hydrogen-bond donors (Lipinski definition) is 0. The summed E-state index contributed by atoms with van der Waals surface area (Å²) >= 11 is 0. The fourth-order valence-corrected chi connectivity index (χ4v) is 1.65. The third-order valence-electron chi connectivity index (χ3n) is 2.38. The van der Waals surface area contributed by atoms with Crippen molar-refractivity contribution >= 4 is 16.9 Å². The monoisotopic (exact) mass is 246 g/mol. The molecule has 0 atom stereocenters. The summed E-state index contributed by atoms with van der Waals surface area (Å²) in [7, 11) is 0. The van der Waals surface area contributed by atoms with Crippen LogP contribution in [0.15, 0.2) is 24.3 Å². The van der Waals surface area contributed by atoms with E-state index in [1.54, 1.807) is 6.92 Å². The van der Waals surface area contributed by atoms with Gasteiger partial charge >= 0.3 is 5.97 Å². The zero-order chi connectivity index (χ0) is 13.0. The Hall–Kier alpha value is -2.17. The van der Waals surface area contributed by atoms with Gasteiger partial charge in [-0.3, -0.25) is 0 Å². The Balaban J connectivity index is 2.58. The molecule has 0 amide bonds.